The molecule has 0 atom stereocenters. The molecule has 7 nitrogen and oxygen atoms in total. The minimum Gasteiger partial charge on any atom is -0.280 e. The smallest absolute Gasteiger partial charge is 0.270 e. The second-order valence-electron chi connectivity index (χ2n) is 5.41. The Morgan fingerprint density at radius 1 is 1.36 bits per heavy atom. The minimum absolute atomic E-state index is 0.0265. The molecule has 25 heavy (non-hydrogen) atoms. The molecule has 130 valence electrons. The Balaban J connectivity index is 1.72. The number of non-ortho nitro benzene ring substituents is 1. The van der Waals surface area contributed by atoms with E-state index in [4.69, 9.17) is 11.6 Å². The molecule has 0 aliphatic rings. The second kappa shape index (κ2) is 7.73. The van der Waals surface area contributed by atoms with Crippen LogP contribution in [0.4, 0.5) is 5.69 Å². The van der Waals surface area contributed by atoms with E-state index in [0.717, 1.165) is 17.4 Å². The van der Waals surface area contributed by atoms with E-state index in [0.29, 0.717) is 18.1 Å². The lowest BCUT2D eigenvalue weighted by Crippen LogP contribution is -2.25. The fraction of sp³-hybridized carbons (Fsp3) is 0.250. The Morgan fingerprint density at radius 3 is 2.88 bits per heavy atom. The molecular weight excluding hydrogens is 362 g/mol. The van der Waals surface area contributed by atoms with Gasteiger partial charge in [0.1, 0.15) is 6.33 Å². The zero-order valence-electron chi connectivity index (χ0n) is 13.5. The summed E-state index contributed by atoms with van der Waals surface area (Å²) in [6.07, 6.45) is 1.64. The van der Waals surface area contributed by atoms with Crippen molar-refractivity contribution in [2.45, 2.75) is 20.1 Å². The van der Waals surface area contributed by atoms with Gasteiger partial charge in [0.15, 0.2) is 5.82 Å². The molecule has 0 saturated heterocycles. The lowest BCUT2D eigenvalue weighted by molar-refractivity contribution is -0.384. The van der Waals surface area contributed by atoms with Gasteiger partial charge in [0.25, 0.3) is 5.69 Å². The average Bonchev–Trinajstić information content (AvgIpc) is 3.23. The Kier molecular flexibility index (Phi) is 5.42. The van der Waals surface area contributed by atoms with E-state index in [2.05, 4.69) is 21.9 Å². The van der Waals surface area contributed by atoms with Crippen molar-refractivity contribution >= 4 is 28.6 Å². The Labute approximate surface area is 153 Å². The van der Waals surface area contributed by atoms with E-state index >= 15 is 0 Å². The van der Waals surface area contributed by atoms with Crippen LogP contribution in [-0.2, 0) is 13.2 Å². The minimum atomic E-state index is -0.425. The third kappa shape index (κ3) is 4.41. The summed E-state index contributed by atoms with van der Waals surface area (Å²) in [6.45, 7) is 4.28. The highest BCUT2D eigenvalue weighted by Crippen LogP contribution is 2.23. The fourth-order valence-corrected chi connectivity index (χ4v) is 3.51. The zero-order chi connectivity index (χ0) is 17.8. The summed E-state index contributed by atoms with van der Waals surface area (Å²) in [6, 6.07) is 10.2. The van der Waals surface area contributed by atoms with Crippen molar-refractivity contribution < 1.29 is 4.92 Å². The number of benzene rings is 1. The normalized spacial score (nSPS) is 11.2. The predicted octanol–water partition coefficient (Wildman–Crippen LogP) is 4.05. The first-order chi connectivity index (χ1) is 12.0. The summed E-state index contributed by atoms with van der Waals surface area (Å²) in [5, 5.41) is 15.3. The second-order valence-corrected chi connectivity index (χ2v) is 7.21. The lowest BCUT2D eigenvalue weighted by Gasteiger charge is -2.18. The molecule has 2 aromatic heterocycles. The third-order valence-corrected chi connectivity index (χ3v) is 4.87. The summed E-state index contributed by atoms with van der Waals surface area (Å²) in [5.41, 5.74) is 0.652. The highest BCUT2D eigenvalue weighted by molar-refractivity contribution is 7.16. The molecule has 0 N–H and O–H groups in total. The molecule has 0 amide bonds. The Hall–Kier alpha value is -2.29. The van der Waals surface area contributed by atoms with Gasteiger partial charge >= 0.3 is 0 Å². The first-order valence-electron chi connectivity index (χ1n) is 7.66. The predicted molar refractivity (Wildman–Crippen MR) is 97.5 cm³/mol. The quantitative estimate of drug-likeness (QED) is 0.458. The van der Waals surface area contributed by atoms with Gasteiger partial charge in [-0.3, -0.25) is 15.0 Å². The first kappa shape index (κ1) is 17.5. The summed E-state index contributed by atoms with van der Waals surface area (Å²) >= 11 is 7.54. The topological polar surface area (TPSA) is 77.1 Å². The number of hydrogen-bond donors (Lipinski definition) is 0. The van der Waals surface area contributed by atoms with Crippen LogP contribution in [0.1, 0.15) is 11.8 Å². The van der Waals surface area contributed by atoms with Crippen molar-refractivity contribution in [2.24, 2.45) is 0 Å². The number of thiophene rings is 1. The van der Waals surface area contributed by atoms with Crippen LogP contribution in [0.25, 0.3) is 11.4 Å². The van der Waals surface area contributed by atoms with Gasteiger partial charge in [-0.25, -0.2) is 9.67 Å². The molecule has 0 spiro atoms. The van der Waals surface area contributed by atoms with E-state index in [-0.39, 0.29) is 5.69 Å². The standard InChI is InChI=1S/C16H16ClN5O2S/c1-2-20(9-14-6-7-15(17)25-14)11-21-10-18-16(19-21)12-4-3-5-13(8-12)22(23)24/h3-8,10H,2,9,11H2,1H3. The van der Waals surface area contributed by atoms with Gasteiger partial charge < -0.3 is 0 Å². The van der Waals surface area contributed by atoms with Crippen LogP contribution < -0.4 is 0 Å². The molecule has 3 aromatic rings. The van der Waals surface area contributed by atoms with Crippen molar-refractivity contribution in [3.05, 3.63) is 62.1 Å². The number of nitro benzene ring substituents is 1. The molecule has 0 bridgehead atoms. The van der Waals surface area contributed by atoms with Crippen molar-refractivity contribution in [3.8, 4) is 11.4 Å². The van der Waals surface area contributed by atoms with Crippen LogP contribution >= 0.6 is 22.9 Å². The van der Waals surface area contributed by atoms with Crippen LogP contribution in [0.2, 0.25) is 4.34 Å². The van der Waals surface area contributed by atoms with Gasteiger partial charge in [0.05, 0.1) is 15.9 Å². The SMILES string of the molecule is CCN(Cc1ccc(Cl)s1)Cn1cnc(-c2cccc([N+](=O)[O-])c2)n1. The number of nitro groups is 1. The van der Waals surface area contributed by atoms with E-state index in [1.807, 2.05) is 12.1 Å². The van der Waals surface area contributed by atoms with E-state index < -0.39 is 4.92 Å². The molecule has 0 aliphatic heterocycles. The molecule has 0 unspecified atom stereocenters. The van der Waals surface area contributed by atoms with Gasteiger partial charge in [-0.2, -0.15) is 0 Å². The average molecular weight is 378 g/mol. The summed E-state index contributed by atoms with van der Waals surface area (Å²) < 4.78 is 2.51. The zero-order valence-corrected chi connectivity index (χ0v) is 15.1. The molecule has 3 rings (SSSR count). The fourth-order valence-electron chi connectivity index (χ4n) is 2.38. The highest BCUT2D eigenvalue weighted by atomic mass is 35.5. The maximum atomic E-state index is 10.9. The van der Waals surface area contributed by atoms with Crippen LogP contribution in [0, 0.1) is 10.1 Å². The number of hydrogen-bond acceptors (Lipinski definition) is 6. The van der Waals surface area contributed by atoms with Crippen LogP contribution in [0.5, 0.6) is 0 Å². The molecule has 9 heteroatoms. The number of rotatable bonds is 7. The summed E-state index contributed by atoms with van der Waals surface area (Å²) in [7, 11) is 0. The largest absolute Gasteiger partial charge is 0.280 e. The van der Waals surface area contributed by atoms with Crippen LogP contribution in [-0.4, -0.2) is 31.1 Å². The molecule has 1 aromatic carbocycles. The van der Waals surface area contributed by atoms with E-state index in [1.165, 1.54) is 17.0 Å². The Bertz CT molecular complexity index is 879. The van der Waals surface area contributed by atoms with Gasteiger partial charge in [0.2, 0.25) is 0 Å². The monoisotopic (exact) mass is 377 g/mol. The van der Waals surface area contributed by atoms with E-state index in [1.54, 1.807) is 34.5 Å². The summed E-state index contributed by atoms with van der Waals surface area (Å²) in [4.78, 5) is 18.1. The van der Waals surface area contributed by atoms with Crippen molar-refractivity contribution in [2.75, 3.05) is 6.54 Å². The molecule has 2 heterocycles. The highest BCUT2D eigenvalue weighted by Gasteiger charge is 2.12. The lowest BCUT2D eigenvalue weighted by atomic mass is 10.2. The molecule has 0 fully saturated rings. The van der Waals surface area contributed by atoms with Crippen molar-refractivity contribution in [1.29, 1.82) is 0 Å². The van der Waals surface area contributed by atoms with Crippen LogP contribution in [0.15, 0.2) is 42.7 Å². The van der Waals surface area contributed by atoms with Crippen LogP contribution in [0.3, 0.4) is 0 Å². The van der Waals surface area contributed by atoms with Gasteiger partial charge in [0, 0.05) is 29.1 Å². The Morgan fingerprint density at radius 2 is 2.20 bits per heavy atom. The maximum Gasteiger partial charge on any atom is 0.270 e. The molecule has 0 aliphatic carbocycles. The van der Waals surface area contributed by atoms with Crippen molar-refractivity contribution in [3.63, 3.8) is 0 Å². The van der Waals surface area contributed by atoms with E-state index in [9.17, 15) is 10.1 Å². The number of nitrogens with zero attached hydrogens (tertiary/aromatic N) is 5. The van der Waals surface area contributed by atoms with Gasteiger partial charge in [-0.15, -0.1) is 16.4 Å². The maximum absolute atomic E-state index is 10.9. The van der Waals surface area contributed by atoms with Gasteiger partial charge in [-0.1, -0.05) is 30.7 Å². The van der Waals surface area contributed by atoms with Crippen molar-refractivity contribution in [1.82, 2.24) is 19.7 Å². The summed E-state index contributed by atoms with van der Waals surface area (Å²) in [5.74, 6) is 0.471. The number of aromatic nitrogens is 3. The molecule has 0 radical (unpaired) electrons. The first-order valence-corrected chi connectivity index (χ1v) is 8.85. The van der Waals surface area contributed by atoms with Gasteiger partial charge in [-0.05, 0) is 18.7 Å². The number of halogens is 1. The molecule has 0 saturated carbocycles. The molecular formula is C16H16ClN5O2S. The third-order valence-electron chi connectivity index (χ3n) is 3.65.